The molecule has 1 aromatic heterocycles. The monoisotopic (exact) mass is 354 g/mol. The average Bonchev–Trinajstić information content (AvgIpc) is 2.84. The second-order valence-electron chi connectivity index (χ2n) is 7.16. The molecule has 2 atom stereocenters. The first-order valence-corrected chi connectivity index (χ1v) is 9.92. The first-order chi connectivity index (χ1) is 11.2. The normalized spacial score (nSPS) is 28.7. The van der Waals surface area contributed by atoms with E-state index < -0.39 is 15.6 Å². The van der Waals surface area contributed by atoms with Crippen molar-refractivity contribution in [3.63, 3.8) is 0 Å². The highest BCUT2D eigenvalue weighted by Gasteiger charge is 2.52. The van der Waals surface area contributed by atoms with Crippen molar-refractivity contribution >= 4 is 15.9 Å². The van der Waals surface area contributed by atoms with Gasteiger partial charge in [0.2, 0.25) is 15.9 Å². The zero-order valence-electron chi connectivity index (χ0n) is 14.8. The molecule has 134 valence electrons. The summed E-state index contributed by atoms with van der Waals surface area (Å²) in [6.45, 7) is 6.50. The quantitative estimate of drug-likeness (QED) is 0.802. The Bertz CT molecular complexity index is 757. The fraction of sp³-hybridized carbons (Fsp3) is 0.750. The molecule has 0 saturated carbocycles. The summed E-state index contributed by atoms with van der Waals surface area (Å²) in [5.41, 5.74) is -0.0361. The maximum Gasteiger partial charge on any atom is 0.247 e. The van der Waals surface area contributed by atoms with E-state index in [1.54, 1.807) is 31.4 Å². The molecule has 8 heteroatoms. The van der Waals surface area contributed by atoms with Crippen LogP contribution in [0.1, 0.15) is 45.2 Å². The minimum atomic E-state index is -3.64. The van der Waals surface area contributed by atoms with E-state index in [4.69, 9.17) is 0 Å². The van der Waals surface area contributed by atoms with Crippen LogP contribution in [0.5, 0.6) is 0 Å². The largest absolute Gasteiger partial charge is 0.338 e. The predicted molar refractivity (Wildman–Crippen MR) is 89.9 cm³/mol. The van der Waals surface area contributed by atoms with E-state index in [-0.39, 0.29) is 16.8 Å². The molecule has 0 aromatic carbocycles. The second-order valence-corrected chi connectivity index (χ2v) is 8.99. The van der Waals surface area contributed by atoms with Crippen LogP contribution in [-0.4, -0.2) is 58.0 Å². The van der Waals surface area contributed by atoms with Crippen LogP contribution in [0.15, 0.2) is 11.1 Å². The molecule has 0 N–H and O–H groups in total. The third kappa shape index (κ3) is 2.56. The lowest BCUT2D eigenvalue weighted by Crippen LogP contribution is -2.67. The minimum Gasteiger partial charge on any atom is -0.338 e. The predicted octanol–water partition coefficient (Wildman–Crippen LogP) is 1.28. The number of fused-ring (bicyclic) bond motifs is 1. The van der Waals surface area contributed by atoms with Crippen LogP contribution in [0, 0.1) is 6.92 Å². The summed E-state index contributed by atoms with van der Waals surface area (Å²) in [4.78, 5) is 14.2. The first kappa shape index (κ1) is 17.4. The van der Waals surface area contributed by atoms with Crippen LogP contribution in [0.3, 0.4) is 0 Å². The lowest BCUT2D eigenvalue weighted by molar-refractivity contribution is -0.138. The summed E-state index contributed by atoms with van der Waals surface area (Å²) < 4.78 is 29.8. The zero-order valence-corrected chi connectivity index (χ0v) is 15.6. The van der Waals surface area contributed by atoms with Crippen LogP contribution in [-0.2, 0) is 21.9 Å². The van der Waals surface area contributed by atoms with Gasteiger partial charge in [-0.15, -0.1) is 0 Å². The van der Waals surface area contributed by atoms with Crippen LogP contribution in [0.4, 0.5) is 0 Å². The van der Waals surface area contributed by atoms with Crippen LogP contribution < -0.4 is 0 Å². The van der Waals surface area contributed by atoms with Crippen molar-refractivity contribution < 1.29 is 13.2 Å². The molecule has 24 heavy (non-hydrogen) atoms. The molecule has 0 unspecified atom stereocenters. The Hall–Kier alpha value is -1.41. The Labute approximate surface area is 143 Å². The molecule has 3 heterocycles. The maximum absolute atomic E-state index is 13.3. The Morgan fingerprint density at radius 1 is 1.33 bits per heavy atom. The van der Waals surface area contributed by atoms with E-state index >= 15 is 0 Å². The summed E-state index contributed by atoms with van der Waals surface area (Å²) in [6.07, 6.45) is 4.80. The molecular formula is C16H26N4O3S. The highest BCUT2D eigenvalue weighted by atomic mass is 32.2. The fourth-order valence-electron chi connectivity index (χ4n) is 4.43. The van der Waals surface area contributed by atoms with Gasteiger partial charge in [-0.3, -0.25) is 9.48 Å². The second kappa shape index (κ2) is 5.84. The molecule has 1 amide bonds. The smallest absolute Gasteiger partial charge is 0.247 e. The molecule has 3 rings (SSSR count). The number of hydrogen-bond donors (Lipinski definition) is 0. The Morgan fingerprint density at radius 2 is 2.04 bits per heavy atom. The summed E-state index contributed by atoms with van der Waals surface area (Å²) in [6, 6.07) is -0.0516. The summed E-state index contributed by atoms with van der Waals surface area (Å²) in [7, 11) is -1.91. The number of carbonyl (C=O) groups is 1. The highest BCUT2D eigenvalue weighted by molar-refractivity contribution is 7.89. The number of hydrogen-bond acceptors (Lipinski definition) is 4. The number of aromatic nitrogens is 2. The number of carbonyl (C=O) groups excluding carboxylic acids is 1. The van der Waals surface area contributed by atoms with E-state index in [9.17, 15) is 13.2 Å². The molecule has 1 aromatic rings. The number of likely N-dealkylation sites (tertiary alicyclic amines) is 1. The minimum absolute atomic E-state index is 0.0303. The lowest BCUT2D eigenvalue weighted by atomic mass is 9.78. The molecule has 0 aliphatic carbocycles. The van der Waals surface area contributed by atoms with Crippen molar-refractivity contribution in [1.82, 2.24) is 19.0 Å². The standard InChI is InChI=1S/C16H26N4O3S/c1-12-14(11-18(4)17-12)24(22,23)20-10-5-7-15-16(20,3)8-6-9-19(15)13(2)21/h11,15H,5-10H2,1-4H3/t15-,16-/m0/s1. The van der Waals surface area contributed by atoms with Gasteiger partial charge < -0.3 is 4.90 Å². The van der Waals surface area contributed by atoms with Gasteiger partial charge in [-0.05, 0) is 39.5 Å². The molecule has 2 aliphatic rings. The number of aryl methyl sites for hydroxylation is 2. The molecular weight excluding hydrogens is 328 g/mol. The van der Waals surface area contributed by atoms with Crippen molar-refractivity contribution in [3.05, 3.63) is 11.9 Å². The highest BCUT2D eigenvalue weighted by Crippen LogP contribution is 2.42. The van der Waals surface area contributed by atoms with Gasteiger partial charge in [0.25, 0.3) is 0 Å². The number of nitrogens with zero attached hydrogens (tertiary/aromatic N) is 4. The molecule has 2 aliphatic heterocycles. The Kier molecular flexibility index (Phi) is 4.24. The van der Waals surface area contributed by atoms with Crippen molar-refractivity contribution in [2.45, 2.75) is 62.9 Å². The first-order valence-electron chi connectivity index (χ1n) is 8.48. The van der Waals surface area contributed by atoms with Crippen molar-refractivity contribution in [2.24, 2.45) is 7.05 Å². The summed E-state index contributed by atoms with van der Waals surface area (Å²) >= 11 is 0. The van der Waals surface area contributed by atoms with E-state index in [0.717, 1.165) is 32.2 Å². The lowest BCUT2D eigenvalue weighted by Gasteiger charge is -2.55. The van der Waals surface area contributed by atoms with Gasteiger partial charge in [-0.2, -0.15) is 9.40 Å². The third-order valence-corrected chi connectivity index (χ3v) is 7.66. The molecule has 0 bridgehead atoms. The maximum atomic E-state index is 13.3. The van der Waals surface area contributed by atoms with Gasteiger partial charge >= 0.3 is 0 Å². The topological polar surface area (TPSA) is 75.5 Å². The zero-order chi connectivity index (χ0) is 17.7. The van der Waals surface area contributed by atoms with Gasteiger partial charge in [-0.25, -0.2) is 8.42 Å². The molecule has 2 saturated heterocycles. The van der Waals surface area contributed by atoms with Gasteiger partial charge in [-0.1, -0.05) is 0 Å². The van der Waals surface area contributed by atoms with Crippen molar-refractivity contribution in [3.8, 4) is 0 Å². The number of amides is 1. The number of piperidine rings is 2. The van der Waals surface area contributed by atoms with Crippen LogP contribution >= 0.6 is 0 Å². The summed E-state index contributed by atoms with van der Waals surface area (Å²) in [5.74, 6) is 0.0303. The van der Waals surface area contributed by atoms with Gasteiger partial charge in [0.1, 0.15) is 4.90 Å². The van der Waals surface area contributed by atoms with Gasteiger partial charge in [0.05, 0.1) is 17.3 Å². The van der Waals surface area contributed by atoms with Crippen LogP contribution in [0.25, 0.3) is 0 Å². The fourth-order valence-corrected chi connectivity index (χ4v) is 6.50. The number of sulfonamides is 1. The van der Waals surface area contributed by atoms with E-state index in [2.05, 4.69) is 5.10 Å². The third-order valence-electron chi connectivity index (χ3n) is 5.53. The van der Waals surface area contributed by atoms with E-state index in [1.807, 2.05) is 11.8 Å². The Morgan fingerprint density at radius 3 is 2.62 bits per heavy atom. The van der Waals surface area contributed by atoms with Crippen LogP contribution in [0.2, 0.25) is 0 Å². The Balaban J connectivity index is 2.04. The molecule has 2 fully saturated rings. The van der Waals surface area contributed by atoms with E-state index in [0.29, 0.717) is 12.2 Å². The SMILES string of the molecule is CC(=O)N1CCC[C@@]2(C)[C@@H]1CCCN2S(=O)(=O)c1cn(C)nc1C. The van der Waals surface area contributed by atoms with Gasteiger partial charge in [0.15, 0.2) is 0 Å². The number of rotatable bonds is 2. The van der Waals surface area contributed by atoms with E-state index in [1.165, 1.54) is 4.68 Å². The van der Waals surface area contributed by atoms with Crippen molar-refractivity contribution in [1.29, 1.82) is 0 Å². The molecule has 0 spiro atoms. The molecule has 0 radical (unpaired) electrons. The average molecular weight is 354 g/mol. The van der Waals surface area contributed by atoms with Gasteiger partial charge in [0, 0.05) is 33.3 Å². The summed E-state index contributed by atoms with van der Waals surface area (Å²) in [5, 5.41) is 4.19. The van der Waals surface area contributed by atoms with Crippen molar-refractivity contribution in [2.75, 3.05) is 13.1 Å². The molecule has 7 nitrogen and oxygen atoms in total.